The number of sulfone groups is 1. The van der Waals surface area contributed by atoms with Crippen molar-refractivity contribution in [1.82, 2.24) is 0 Å². The van der Waals surface area contributed by atoms with Crippen LogP contribution in [-0.2, 0) is 21.1 Å². The summed E-state index contributed by atoms with van der Waals surface area (Å²) in [6, 6.07) is 16.0. The van der Waals surface area contributed by atoms with Gasteiger partial charge in [0.05, 0.1) is 16.6 Å². The van der Waals surface area contributed by atoms with Crippen LogP contribution in [0, 0.1) is 0 Å². The molecule has 7 heteroatoms. The topological polar surface area (TPSA) is 86.3 Å². The fourth-order valence-corrected chi connectivity index (χ4v) is 3.04. The number of carbonyl (C=O) groups is 1. The van der Waals surface area contributed by atoms with E-state index in [-0.39, 0.29) is 34.5 Å². The molecule has 0 saturated heterocycles. The Labute approximate surface area is 157 Å². The molecule has 116 valence electrons. The van der Waals surface area contributed by atoms with Crippen molar-refractivity contribution in [2.45, 2.75) is 11.3 Å². The summed E-state index contributed by atoms with van der Waals surface area (Å²) in [7, 11) is -3.83. The van der Waals surface area contributed by atoms with Gasteiger partial charge in [0.25, 0.3) is 0 Å². The van der Waals surface area contributed by atoms with Gasteiger partial charge in [-0.1, -0.05) is 30.3 Å². The Hall–Kier alpha value is -1.34. The number of nitrogens with one attached hydrogen (secondary N) is 1. The Kier molecular flexibility index (Phi) is 7.78. The van der Waals surface area contributed by atoms with Crippen molar-refractivity contribution in [3.8, 4) is 0 Å². The molecule has 0 saturated carbocycles. The van der Waals surface area contributed by atoms with E-state index in [4.69, 9.17) is 0 Å². The van der Waals surface area contributed by atoms with Gasteiger partial charge in [-0.2, -0.15) is 0 Å². The van der Waals surface area contributed by atoms with E-state index in [2.05, 4.69) is 5.32 Å². The van der Waals surface area contributed by atoms with Crippen LogP contribution in [-0.4, -0.2) is 26.7 Å². The summed E-state index contributed by atoms with van der Waals surface area (Å²) in [5, 5.41) is 13.6. The van der Waals surface area contributed by atoms with Crippen LogP contribution in [0.25, 0.3) is 0 Å². The summed E-state index contributed by atoms with van der Waals surface area (Å²) in [6.07, 6.45) is 0.853. The second-order valence-electron chi connectivity index (χ2n) is 4.82. The van der Waals surface area contributed by atoms with E-state index in [1.54, 1.807) is 12.1 Å². The molecule has 2 aromatic rings. The van der Waals surface area contributed by atoms with Crippen LogP contribution < -0.4 is 40.0 Å². The molecule has 0 aliphatic rings. The number of anilines is 1. The minimum absolute atomic E-state index is 0. The van der Waals surface area contributed by atoms with Gasteiger partial charge in [-0.3, -0.25) is 0 Å². The van der Waals surface area contributed by atoms with Crippen molar-refractivity contribution in [3.63, 3.8) is 0 Å². The van der Waals surface area contributed by atoms with Gasteiger partial charge in [0.15, 0.2) is 9.84 Å². The van der Waals surface area contributed by atoms with E-state index in [1.165, 1.54) is 17.7 Å². The smallest absolute Gasteiger partial charge is 0.549 e. The van der Waals surface area contributed by atoms with Crippen molar-refractivity contribution in [1.29, 1.82) is 0 Å². The van der Waals surface area contributed by atoms with Gasteiger partial charge in [-0.05, 0) is 36.2 Å². The summed E-state index contributed by atoms with van der Waals surface area (Å²) < 4.78 is 23.4. The molecule has 0 aliphatic carbocycles. The Morgan fingerprint density at radius 3 is 2.17 bits per heavy atom. The minimum atomic E-state index is -3.83. The summed E-state index contributed by atoms with van der Waals surface area (Å²) in [5.74, 6) is -2.61. The van der Waals surface area contributed by atoms with E-state index in [0.717, 1.165) is 18.7 Å². The zero-order valence-electron chi connectivity index (χ0n) is 12.9. The Morgan fingerprint density at radius 1 is 1.00 bits per heavy atom. The van der Waals surface area contributed by atoms with Gasteiger partial charge in [0.1, 0.15) is 0 Å². The Balaban J connectivity index is 0.00000264. The van der Waals surface area contributed by atoms with Crippen LogP contribution >= 0.6 is 0 Å². The minimum Gasteiger partial charge on any atom is -0.549 e. The third kappa shape index (κ3) is 6.35. The van der Waals surface area contributed by atoms with Crippen molar-refractivity contribution in [3.05, 3.63) is 60.2 Å². The number of hydrogen-bond donors (Lipinski definition) is 1. The molecule has 0 atom stereocenters. The Morgan fingerprint density at radius 2 is 1.61 bits per heavy atom. The molecule has 0 radical (unpaired) electrons. The number of carbonyl (C=O) groups excluding carboxylic acids is 1. The fourth-order valence-electron chi connectivity index (χ4n) is 2.01. The van der Waals surface area contributed by atoms with Gasteiger partial charge in [-0.15, -0.1) is 0 Å². The number of carboxylic acids is 1. The van der Waals surface area contributed by atoms with E-state index in [9.17, 15) is 18.3 Å². The predicted molar refractivity (Wildman–Crippen MR) is 82.1 cm³/mol. The van der Waals surface area contributed by atoms with Crippen molar-refractivity contribution in [2.24, 2.45) is 0 Å². The summed E-state index contributed by atoms with van der Waals surface area (Å²) in [4.78, 5) is 10.4. The van der Waals surface area contributed by atoms with Gasteiger partial charge in [0.2, 0.25) is 0 Å². The summed E-state index contributed by atoms with van der Waals surface area (Å²) in [5.41, 5.74) is 1.99. The standard InChI is InChI=1S/C16H17NO4S.Na/c18-16(19)12-22(20,21)15-8-6-14(7-9-15)17-11-10-13-4-2-1-3-5-13;/h1-9,17H,10-12H2,(H,18,19);/q;+1/p-1. The summed E-state index contributed by atoms with van der Waals surface area (Å²) in [6.45, 7) is 0.717. The summed E-state index contributed by atoms with van der Waals surface area (Å²) >= 11 is 0. The third-order valence-electron chi connectivity index (χ3n) is 3.11. The molecule has 5 nitrogen and oxygen atoms in total. The first-order valence-corrected chi connectivity index (χ1v) is 8.43. The second-order valence-corrected chi connectivity index (χ2v) is 6.81. The number of benzene rings is 2. The average molecular weight is 341 g/mol. The zero-order valence-corrected chi connectivity index (χ0v) is 15.7. The van der Waals surface area contributed by atoms with Crippen LogP contribution in [0.5, 0.6) is 0 Å². The zero-order chi connectivity index (χ0) is 16.0. The maximum absolute atomic E-state index is 11.7. The van der Waals surface area contributed by atoms with Gasteiger partial charge in [-0.25, -0.2) is 8.42 Å². The number of rotatable bonds is 7. The molecule has 0 spiro atoms. The average Bonchev–Trinajstić information content (AvgIpc) is 2.47. The molecule has 1 N–H and O–H groups in total. The first kappa shape index (κ1) is 19.7. The number of hydrogen-bond acceptors (Lipinski definition) is 5. The third-order valence-corrected chi connectivity index (χ3v) is 4.71. The van der Waals surface area contributed by atoms with Crippen molar-refractivity contribution >= 4 is 21.5 Å². The molecule has 0 fully saturated rings. The molecule has 0 unspecified atom stereocenters. The van der Waals surface area contributed by atoms with Gasteiger partial charge < -0.3 is 15.2 Å². The van der Waals surface area contributed by atoms with Gasteiger partial charge in [0, 0.05) is 12.2 Å². The van der Waals surface area contributed by atoms with Crippen LogP contribution in [0.3, 0.4) is 0 Å². The molecule has 2 aromatic carbocycles. The molecular formula is C16H16NNaO4S. The Bertz CT molecular complexity index is 730. The molecule has 0 aromatic heterocycles. The number of carboxylic acid groups (broad SMARTS) is 1. The van der Waals surface area contributed by atoms with Crippen molar-refractivity contribution in [2.75, 3.05) is 17.6 Å². The molecule has 0 heterocycles. The monoisotopic (exact) mass is 341 g/mol. The van der Waals surface area contributed by atoms with E-state index in [0.29, 0.717) is 0 Å². The maximum atomic E-state index is 11.7. The molecule has 2 rings (SSSR count). The van der Waals surface area contributed by atoms with E-state index >= 15 is 0 Å². The quantitative estimate of drug-likeness (QED) is 0.582. The largest absolute Gasteiger partial charge is 1.00 e. The van der Waals surface area contributed by atoms with Crippen LogP contribution in [0.15, 0.2) is 59.5 Å². The molecule has 0 amide bonds. The fraction of sp³-hybridized carbons (Fsp3) is 0.188. The molecular weight excluding hydrogens is 325 g/mol. The van der Waals surface area contributed by atoms with Gasteiger partial charge >= 0.3 is 29.6 Å². The normalized spacial score (nSPS) is 10.6. The van der Waals surface area contributed by atoms with Crippen LogP contribution in [0.2, 0.25) is 0 Å². The van der Waals surface area contributed by atoms with E-state index < -0.39 is 21.6 Å². The first-order valence-electron chi connectivity index (χ1n) is 6.78. The molecule has 0 aliphatic heterocycles. The molecule has 0 bridgehead atoms. The SMILES string of the molecule is O=C([O-])CS(=O)(=O)c1ccc(NCCc2ccccc2)cc1.[Na+]. The second kappa shape index (κ2) is 9.08. The number of aliphatic carboxylic acids is 1. The predicted octanol–water partition coefficient (Wildman–Crippen LogP) is -2.13. The van der Waals surface area contributed by atoms with Crippen LogP contribution in [0.4, 0.5) is 5.69 Å². The van der Waals surface area contributed by atoms with E-state index in [1.807, 2.05) is 30.3 Å². The first-order chi connectivity index (χ1) is 10.5. The maximum Gasteiger partial charge on any atom is 1.00 e. The molecule has 23 heavy (non-hydrogen) atoms. The van der Waals surface area contributed by atoms with Crippen molar-refractivity contribution < 1.29 is 47.9 Å². The van der Waals surface area contributed by atoms with Crippen LogP contribution in [0.1, 0.15) is 5.56 Å².